The van der Waals surface area contributed by atoms with Crippen molar-refractivity contribution in [3.63, 3.8) is 0 Å². The summed E-state index contributed by atoms with van der Waals surface area (Å²) in [5.74, 6) is 2.83. The molecule has 0 saturated carbocycles. The highest BCUT2D eigenvalue weighted by molar-refractivity contribution is 5.93. The molecule has 0 saturated heterocycles. The molecule has 0 fully saturated rings. The van der Waals surface area contributed by atoms with Crippen molar-refractivity contribution < 1.29 is 19.4 Å². The van der Waals surface area contributed by atoms with E-state index >= 15 is 0 Å². The molecule has 0 aromatic heterocycles. The summed E-state index contributed by atoms with van der Waals surface area (Å²) in [4.78, 5) is 21.5. The molecule has 4 nitrogen and oxygen atoms in total. The summed E-state index contributed by atoms with van der Waals surface area (Å²) in [6.45, 7) is 0. The van der Waals surface area contributed by atoms with Gasteiger partial charge in [0.05, 0.1) is 12.7 Å². The van der Waals surface area contributed by atoms with Crippen LogP contribution in [0.15, 0.2) is 24.3 Å². The highest BCUT2D eigenvalue weighted by atomic mass is 16.5. The molecule has 4 heteroatoms. The monoisotopic (exact) mass is 204 g/mol. The molecule has 1 aromatic rings. The Bertz CT molecular complexity index is 451. The van der Waals surface area contributed by atoms with Gasteiger partial charge < -0.3 is 9.84 Å². The maximum Gasteiger partial charge on any atom is 0.384 e. The van der Waals surface area contributed by atoms with E-state index in [-0.39, 0.29) is 11.1 Å². The molecular weight excluding hydrogens is 196 g/mol. The van der Waals surface area contributed by atoms with E-state index in [1.54, 1.807) is 12.1 Å². The first-order chi connectivity index (χ1) is 7.15. The lowest BCUT2D eigenvalue weighted by atomic mass is 10.1. The first kappa shape index (κ1) is 10.8. The van der Waals surface area contributed by atoms with Crippen LogP contribution in [0.25, 0.3) is 0 Å². The van der Waals surface area contributed by atoms with Gasteiger partial charge in [0.25, 0.3) is 0 Å². The Balaban J connectivity index is 3.08. The van der Waals surface area contributed by atoms with Crippen LogP contribution in [0.1, 0.15) is 15.9 Å². The molecule has 0 atom stereocenters. The van der Waals surface area contributed by atoms with Gasteiger partial charge in [-0.05, 0) is 12.1 Å². The lowest BCUT2D eigenvalue weighted by Gasteiger charge is -1.96. The predicted octanol–water partition coefficient (Wildman–Crippen LogP) is 0.909. The van der Waals surface area contributed by atoms with Gasteiger partial charge in [-0.25, -0.2) is 9.59 Å². The van der Waals surface area contributed by atoms with Gasteiger partial charge >= 0.3 is 11.9 Å². The molecule has 0 bridgehead atoms. The van der Waals surface area contributed by atoms with E-state index in [0.29, 0.717) is 0 Å². The molecule has 0 radical (unpaired) electrons. The van der Waals surface area contributed by atoms with Crippen molar-refractivity contribution in [1.29, 1.82) is 0 Å². The number of carbonyl (C=O) groups excluding carboxylic acids is 1. The molecule has 15 heavy (non-hydrogen) atoms. The third-order valence-corrected chi connectivity index (χ3v) is 1.64. The molecule has 1 rings (SSSR count). The Morgan fingerprint density at radius 3 is 2.60 bits per heavy atom. The standard InChI is InChI=1S/C11H8O4/c1-15-10(12)7-6-8-4-2-3-5-9(8)11(13)14/h2-5H,1H3,(H,13,14). The van der Waals surface area contributed by atoms with Crippen LogP contribution in [0.2, 0.25) is 0 Å². The van der Waals surface area contributed by atoms with E-state index < -0.39 is 11.9 Å². The SMILES string of the molecule is COC(=O)C#Cc1ccccc1C(=O)O. The van der Waals surface area contributed by atoms with Crippen LogP contribution in [0.5, 0.6) is 0 Å². The van der Waals surface area contributed by atoms with Gasteiger partial charge in [-0.3, -0.25) is 0 Å². The van der Waals surface area contributed by atoms with Crippen molar-refractivity contribution in [3.05, 3.63) is 35.4 Å². The van der Waals surface area contributed by atoms with E-state index in [0.717, 1.165) is 0 Å². The zero-order valence-corrected chi connectivity index (χ0v) is 7.98. The zero-order chi connectivity index (χ0) is 11.3. The lowest BCUT2D eigenvalue weighted by Crippen LogP contribution is -2.00. The van der Waals surface area contributed by atoms with Crippen molar-refractivity contribution >= 4 is 11.9 Å². The van der Waals surface area contributed by atoms with Crippen molar-refractivity contribution in [2.24, 2.45) is 0 Å². The first-order valence-corrected chi connectivity index (χ1v) is 4.07. The number of rotatable bonds is 1. The molecule has 0 spiro atoms. The van der Waals surface area contributed by atoms with Crippen LogP contribution < -0.4 is 0 Å². The number of hydrogen-bond donors (Lipinski definition) is 1. The Labute approximate surface area is 86.5 Å². The van der Waals surface area contributed by atoms with Crippen molar-refractivity contribution in [3.8, 4) is 11.8 Å². The maximum absolute atomic E-state index is 10.8. The van der Waals surface area contributed by atoms with E-state index in [4.69, 9.17) is 5.11 Å². The van der Waals surface area contributed by atoms with Crippen LogP contribution in [-0.4, -0.2) is 24.2 Å². The minimum absolute atomic E-state index is 0.0638. The summed E-state index contributed by atoms with van der Waals surface area (Å²) in [5.41, 5.74) is 0.351. The Morgan fingerprint density at radius 1 is 1.33 bits per heavy atom. The van der Waals surface area contributed by atoms with Crippen LogP contribution in [-0.2, 0) is 9.53 Å². The fourth-order valence-electron chi connectivity index (χ4n) is 0.948. The molecule has 0 amide bonds. The molecule has 0 heterocycles. The summed E-state index contributed by atoms with van der Waals surface area (Å²) < 4.78 is 4.31. The number of benzene rings is 1. The summed E-state index contributed by atoms with van der Waals surface area (Å²) in [5, 5.41) is 8.80. The van der Waals surface area contributed by atoms with Gasteiger partial charge in [0.15, 0.2) is 0 Å². The second-order valence-corrected chi connectivity index (χ2v) is 2.59. The maximum atomic E-state index is 10.8. The molecule has 1 aromatic carbocycles. The van der Waals surface area contributed by atoms with Gasteiger partial charge in [0.1, 0.15) is 0 Å². The van der Waals surface area contributed by atoms with Crippen molar-refractivity contribution in [2.45, 2.75) is 0 Å². The number of carboxylic acids is 1. The Kier molecular flexibility index (Phi) is 3.47. The van der Waals surface area contributed by atoms with Gasteiger partial charge in [-0.1, -0.05) is 18.1 Å². The third-order valence-electron chi connectivity index (χ3n) is 1.64. The third kappa shape index (κ3) is 2.85. The highest BCUT2D eigenvalue weighted by Gasteiger charge is 2.06. The van der Waals surface area contributed by atoms with Crippen LogP contribution in [0.4, 0.5) is 0 Å². The van der Waals surface area contributed by atoms with Crippen molar-refractivity contribution in [1.82, 2.24) is 0 Å². The smallest absolute Gasteiger partial charge is 0.384 e. The van der Waals surface area contributed by atoms with Crippen LogP contribution >= 0.6 is 0 Å². The number of carboxylic acid groups (broad SMARTS) is 1. The fraction of sp³-hybridized carbons (Fsp3) is 0.0909. The average molecular weight is 204 g/mol. The second-order valence-electron chi connectivity index (χ2n) is 2.59. The quantitative estimate of drug-likeness (QED) is 0.545. The molecule has 0 unspecified atom stereocenters. The van der Waals surface area contributed by atoms with Gasteiger partial charge in [-0.2, -0.15) is 0 Å². The zero-order valence-electron chi connectivity index (χ0n) is 7.98. The molecular formula is C11H8O4. The molecule has 0 aliphatic heterocycles. The Morgan fingerprint density at radius 2 is 2.00 bits per heavy atom. The predicted molar refractivity (Wildman–Crippen MR) is 52.3 cm³/mol. The van der Waals surface area contributed by atoms with E-state index in [9.17, 15) is 9.59 Å². The number of ether oxygens (including phenoxy) is 1. The van der Waals surface area contributed by atoms with Crippen molar-refractivity contribution in [2.75, 3.05) is 7.11 Å². The molecule has 1 N–H and O–H groups in total. The summed E-state index contributed by atoms with van der Waals surface area (Å²) in [7, 11) is 1.21. The van der Waals surface area contributed by atoms with E-state index in [2.05, 4.69) is 16.6 Å². The van der Waals surface area contributed by atoms with Gasteiger partial charge in [0.2, 0.25) is 0 Å². The number of aromatic carboxylic acids is 1. The lowest BCUT2D eigenvalue weighted by molar-refractivity contribution is -0.133. The number of methoxy groups -OCH3 is 1. The highest BCUT2D eigenvalue weighted by Crippen LogP contribution is 2.06. The minimum atomic E-state index is -1.08. The first-order valence-electron chi connectivity index (χ1n) is 4.07. The molecule has 76 valence electrons. The second kappa shape index (κ2) is 4.82. The minimum Gasteiger partial charge on any atom is -0.478 e. The van der Waals surface area contributed by atoms with Crippen LogP contribution in [0, 0.1) is 11.8 Å². The normalized spacial score (nSPS) is 8.60. The number of carbonyl (C=O) groups is 2. The summed E-state index contributed by atoms with van der Waals surface area (Å²) in [6.07, 6.45) is 0. The van der Waals surface area contributed by atoms with Crippen LogP contribution in [0.3, 0.4) is 0 Å². The number of hydrogen-bond acceptors (Lipinski definition) is 3. The topological polar surface area (TPSA) is 63.6 Å². The largest absolute Gasteiger partial charge is 0.478 e. The van der Waals surface area contributed by atoms with Gasteiger partial charge in [0, 0.05) is 11.5 Å². The fourth-order valence-corrected chi connectivity index (χ4v) is 0.948. The van der Waals surface area contributed by atoms with E-state index in [1.165, 1.54) is 19.2 Å². The Hall–Kier alpha value is -2.28. The summed E-state index contributed by atoms with van der Waals surface area (Å²) in [6, 6.07) is 6.18. The summed E-state index contributed by atoms with van der Waals surface area (Å²) >= 11 is 0. The molecule has 0 aliphatic carbocycles. The van der Waals surface area contributed by atoms with Gasteiger partial charge in [-0.15, -0.1) is 0 Å². The molecule has 0 aliphatic rings. The number of esters is 1. The average Bonchev–Trinajstić information content (AvgIpc) is 2.26. The van der Waals surface area contributed by atoms with E-state index in [1.807, 2.05) is 0 Å².